The van der Waals surface area contributed by atoms with Crippen LogP contribution < -0.4 is 5.73 Å². The molecule has 0 unspecified atom stereocenters. The van der Waals surface area contributed by atoms with Crippen LogP contribution in [0.1, 0.15) is 0 Å². The summed E-state index contributed by atoms with van der Waals surface area (Å²) in [5.41, 5.74) is 7.06. The van der Waals surface area contributed by atoms with Gasteiger partial charge in [-0.3, -0.25) is 4.79 Å². The number of phenols is 1. The van der Waals surface area contributed by atoms with Gasteiger partial charge in [-0.15, -0.1) is 0 Å². The van der Waals surface area contributed by atoms with Crippen LogP contribution in [-0.4, -0.2) is 88.6 Å². The van der Waals surface area contributed by atoms with E-state index in [1.54, 1.807) is 12.1 Å². The molecular formula is C15H19NNa2O4. The minimum atomic E-state index is -0.595. The number of rotatable bonds is 3. The number of hydrogen-bond donors (Lipinski definition) is 3. The van der Waals surface area contributed by atoms with E-state index in [0.717, 1.165) is 5.56 Å². The molecule has 5 nitrogen and oxygen atoms in total. The van der Waals surface area contributed by atoms with Crippen molar-refractivity contribution in [2.45, 2.75) is 0 Å². The summed E-state index contributed by atoms with van der Waals surface area (Å²) in [6.45, 7) is -0.767. The van der Waals surface area contributed by atoms with Gasteiger partial charge < -0.3 is 20.7 Å². The Kier molecular flexibility index (Phi) is 15.5. The summed E-state index contributed by atoms with van der Waals surface area (Å²) in [7, 11) is 0. The first-order valence-corrected chi connectivity index (χ1v) is 5.98. The van der Waals surface area contributed by atoms with Gasteiger partial charge in [-0.1, -0.05) is 42.5 Å². The molecule has 0 saturated heterocycles. The molecule has 0 aliphatic rings. The van der Waals surface area contributed by atoms with Gasteiger partial charge >= 0.3 is 65.1 Å². The number of aromatic hydroxyl groups is 1. The molecule has 2 aromatic carbocycles. The summed E-state index contributed by atoms with van der Waals surface area (Å²) in [5, 5.41) is 17.0. The van der Waals surface area contributed by atoms with E-state index in [4.69, 9.17) is 15.9 Å². The van der Waals surface area contributed by atoms with Crippen LogP contribution in [0.25, 0.3) is 11.1 Å². The van der Waals surface area contributed by atoms with Crippen LogP contribution in [0.15, 0.2) is 54.6 Å². The molecule has 2 aromatic rings. The SMILES string of the molecule is NCC(=O)OCO.Oc1ccc(-c2ccccc2)cc1.[NaH].[NaH]. The summed E-state index contributed by atoms with van der Waals surface area (Å²) in [6.07, 6.45) is 0. The van der Waals surface area contributed by atoms with E-state index in [1.807, 2.05) is 42.5 Å². The third-order valence-electron chi connectivity index (χ3n) is 2.37. The average Bonchev–Trinajstić information content (AvgIpc) is 2.50. The number of nitrogens with two attached hydrogens (primary N) is 1. The fourth-order valence-electron chi connectivity index (χ4n) is 1.42. The fraction of sp³-hybridized carbons (Fsp3) is 0.133. The van der Waals surface area contributed by atoms with Gasteiger partial charge in [0.25, 0.3) is 0 Å². The topological polar surface area (TPSA) is 92.8 Å². The van der Waals surface area contributed by atoms with Crippen molar-refractivity contribution in [2.24, 2.45) is 5.73 Å². The molecule has 0 amide bonds. The van der Waals surface area contributed by atoms with Gasteiger partial charge in [0.2, 0.25) is 0 Å². The maximum atomic E-state index is 9.90. The van der Waals surface area contributed by atoms with Crippen molar-refractivity contribution >= 4 is 65.1 Å². The molecule has 0 spiro atoms. The third kappa shape index (κ3) is 9.61. The van der Waals surface area contributed by atoms with Crippen LogP contribution in [0.4, 0.5) is 0 Å². The molecule has 0 fully saturated rings. The molecule has 2 rings (SSSR count). The Morgan fingerprint density at radius 2 is 1.45 bits per heavy atom. The number of ether oxygens (including phenoxy) is 1. The molecule has 110 valence electrons. The summed E-state index contributed by atoms with van der Waals surface area (Å²) in [5.74, 6) is -0.290. The van der Waals surface area contributed by atoms with Gasteiger partial charge in [0.1, 0.15) is 5.75 Å². The molecule has 0 aromatic heterocycles. The number of phenolic OH excluding ortho intramolecular Hbond substituents is 1. The Morgan fingerprint density at radius 3 is 1.86 bits per heavy atom. The van der Waals surface area contributed by atoms with Crippen molar-refractivity contribution in [3.05, 3.63) is 54.6 Å². The minimum absolute atomic E-state index is 0. The molecule has 4 N–H and O–H groups in total. The second-order valence-electron chi connectivity index (χ2n) is 3.76. The van der Waals surface area contributed by atoms with E-state index in [1.165, 1.54) is 5.56 Å². The summed E-state index contributed by atoms with van der Waals surface area (Å²) in [4.78, 5) is 9.90. The van der Waals surface area contributed by atoms with Gasteiger partial charge in [-0.2, -0.15) is 0 Å². The number of aliphatic hydroxyl groups is 1. The summed E-state index contributed by atoms with van der Waals surface area (Å²) < 4.78 is 3.98. The first-order chi connectivity index (χ1) is 9.67. The van der Waals surface area contributed by atoms with E-state index in [9.17, 15) is 4.79 Å². The van der Waals surface area contributed by atoms with Crippen molar-refractivity contribution in [3.8, 4) is 16.9 Å². The number of carbonyl (C=O) groups excluding carboxylic acids is 1. The molecule has 0 aliphatic carbocycles. The Morgan fingerprint density at radius 1 is 0.955 bits per heavy atom. The molecule has 0 heterocycles. The zero-order valence-electron chi connectivity index (χ0n) is 10.9. The standard InChI is InChI=1S/C12H10O.C3H7NO3.2Na.2H/c13-12-8-6-11(7-9-12)10-4-2-1-3-5-10;4-1-3(6)7-2-5;;;;/h1-9,13H;5H,1-2,4H2;;;;. The Hall–Kier alpha value is -0.370. The van der Waals surface area contributed by atoms with E-state index in [2.05, 4.69) is 4.74 Å². The predicted octanol–water partition coefficient (Wildman–Crippen LogP) is 0.200. The second-order valence-corrected chi connectivity index (χ2v) is 3.76. The van der Waals surface area contributed by atoms with Gasteiger partial charge in [0.15, 0.2) is 6.79 Å². The van der Waals surface area contributed by atoms with E-state index in [-0.39, 0.29) is 65.7 Å². The van der Waals surface area contributed by atoms with Crippen molar-refractivity contribution in [2.75, 3.05) is 13.3 Å². The zero-order valence-corrected chi connectivity index (χ0v) is 10.9. The molecular weight excluding hydrogens is 304 g/mol. The monoisotopic (exact) mass is 323 g/mol. The van der Waals surface area contributed by atoms with Crippen LogP contribution in [-0.2, 0) is 9.53 Å². The van der Waals surface area contributed by atoms with Crippen molar-refractivity contribution in [1.29, 1.82) is 0 Å². The predicted molar refractivity (Wildman–Crippen MR) is 90.1 cm³/mol. The fourth-order valence-corrected chi connectivity index (χ4v) is 1.42. The quantitative estimate of drug-likeness (QED) is 0.426. The molecule has 7 heteroatoms. The van der Waals surface area contributed by atoms with Crippen LogP contribution in [0.2, 0.25) is 0 Å². The van der Waals surface area contributed by atoms with Crippen LogP contribution in [0, 0.1) is 0 Å². The van der Waals surface area contributed by atoms with E-state index >= 15 is 0 Å². The van der Waals surface area contributed by atoms with Crippen LogP contribution >= 0.6 is 0 Å². The van der Waals surface area contributed by atoms with E-state index < -0.39 is 12.8 Å². The molecule has 0 bridgehead atoms. The zero-order chi connectivity index (χ0) is 14.8. The number of esters is 1. The van der Waals surface area contributed by atoms with Gasteiger partial charge in [0.05, 0.1) is 6.54 Å². The van der Waals surface area contributed by atoms with Crippen LogP contribution in [0.5, 0.6) is 5.75 Å². The van der Waals surface area contributed by atoms with Crippen molar-refractivity contribution in [3.63, 3.8) is 0 Å². The number of benzene rings is 2. The summed E-state index contributed by atoms with van der Waals surface area (Å²) in [6, 6.07) is 17.3. The molecule has 22 heavy (non-hydrogen) atoms. The third-order valence-corrected chi connectivity index (χ3v) is 2.37. The molecule has 0 saturated carbocycles. The average molecular weight is 323 g/mol. The summed E-state index contributed by atoms with van der Waals surface area (Å²) >= 11 is 0. The van der Waals surface area contributed by atoms with Gasteiger partial charge in [-0.25, -0.2) is 0 Å². The van der Waals surface area contributed by atoms with Crippen LogP contribution in [0.3, 0.4) is 0 Å². The first-order valence-electron chi connectivity index (χ1n) is 5.98. The Balaban J connectivity index is 0. The second kappa shape index (κ2) is 14.2. The van der Waals surface area contributed by atoms with E-state index in [0.29, 0.717) is 5.75 Å². The number of hydrogen-bond acceptors (Lipinski definition) is 5. The Labute approximate surface area is 174 Å². The van der Waals surface area contributed by atoms with Crippen molar-refractivity contribution in [1.82, 2.24) is 0 Å². The molecule has 0 atom stereocenters. The number of aliphatic hydroxyl groups excluding tert-OH is 1. The normalized spacial score (nSPS) is 8.45. The van der Waals surface area contributed by atoms with Gasteiger partial charge in [-0.05, 0) is 23.3 Å². The molecule has 0 aliphatic heterocycles. The first kappa shape index (κ1) is 23.9. The maximum absolute atomic E-state index is 9.90. The number of carbonyl (C=O) groups is 1. The van der Waals surface area contributed by atoms with Crippen molar-refractivity contribution < 1.29 is 19.7 Å². The molecule has 0 radical (unpaired) electrons. The Bertz CT molecular complexity index is 521. The van der Waals surface area contributed by atoms with Gasteiger partial charge in [0, 0.05) is 0 Å².